The van der Waals surface area contributed by atoms with Crippen LogP contribution in [0.4, 0.5) is 13.2 Å². The van der Waals surface area contributed by atoms with Crippen LogP contribution in [-0.4, -0.2) is 32.5 Å². The number of ether oxygens (including phenoxy) is 2. The van der Waals surface area contributed by atoms with Crippen molar-refractivity contribution in [3.05, 3.63) is 52.5 Å². The Morgan fingerprint density at radius 2 is 1.76 bits per heavy atom. The van der Waals surface area contributed by atoms with Crippen molar-refractivity contribution >= 4 is 21.6 Å². The smallest absolute Gasteiger partial charge is 0.416 e. The summed E-state index contributed by atoms with van der Waals surface area (Å²) in [6.45, 7) is 1.02. The Labute approximate surface area is 171 Å². The number of alkyl halides is 3. The van der Waals surface area contributed by atoms with E-state index in [-0.39, 0.29) is 11.6 Å². The van der Waals surface area contributed by atoms with Gasteiger partial charge in [-0.1, -0.05) is 17.7 Å². The van der Waals surface area contributed by atoms with Crippen molar-refractivity contribution in [3.8, 4) is 11.5 Å². The van der Waals surface area contributed by atoms with E-state index in [2.05, 4.69) is 0 Å². The summed E-state index contributed by atoms with van der Waals surface area (Å²) >= 11 is 5.99. The van der Waals surface area contributed by atoms with Gasteiger partial charge in [0.2, 0.25) is 10.0 Å². The summed E-state index contributed by atoms with van der Waals surface area (Å²) in [5.41, 5.74) is -0.367. The first-order valence-corrected chi connectivity index (χ1v) is 10.8. The highest BCUT2D eigenvalue weighted by Crippen LogP contribution is 2.42. The molecule has 0 N–H and O–H groups in total. The number of fused-ring (bicyclic) bond motifs is 1. The molecular formula is C19H17ClF3NO4S. The Morgan fingerprint density at radius 3 is 2.48 bits per heavy atom. The van der Waals surface area contributed by atoms with Gasteiger partial charge in [-0.25, -0.2) is 8.42 Å². The van der Waals surface area contributed by atoms with E-state index in [0.29, 0.717) is 49.2 Å². The molecule has 0 aliphatic carbocycles. The normalized spacial score (nSPS) is 20.1. The summed E-state index contributed by atoms with van der Waals surface area (Å²) in [5, 5.41) is -0.245. The fraction of sp³-hybridized carbons (Fsp3) is 0.368. The molecule has 2 aromatic rings. The van der Waals surface area contributed by atoms with Crippen LogP contribution >= 0.6 is 11.6 Å². The topological polar surface area (TPSA) is 55.8 Å². The van der Waals surface area contributed by atoms with E-state index in [9.17, 15) is 21.6 Å². The Morgan fingerprint density at radius 1 is 1.03 bits per heavy atom. The third-order valence-electron chi connectivity index (χ3n) is 5.00. The zero-order valence-electron chi connectivity index (χ0n) is 15.1. The maximum absolute atomic E-state index is 13.2. The molecule has 2 aliphatic rings. The molecule has 156 valence electrons. The number of rotatable bonds is 3. The minimum absolute atomic E-state index is 0.189. The van der Waals surface area contributed by atoms with Gasteiger partial charge in [0.25, 0.3) is 0 Å². The van der Waals surface area contributed by atoms with Gasteiger partial charge in [0.1, 0.15) is 18.1 Å². The lowest BCUT2D eigenvalue weighted by Crippen LogP contribution is -2.31. The summed E-state index contributed by atoms with van der Waals surface area (Å²) in [5.74, 6) is 1.10. The Balaban J connectivity index is 1.72. The van der Waals surface area contributed by atoms with Gasteiger partial charge in [0, 0.05) is 6.54 Å². The van der Waals surface area contributed by atoms with E-state index >= 15 is 0 Å². The quantitative estimate of drug-likeness (QED) is 0.687. The molecule has 0 amide bonds. The monoisotopic (exact) mass is 447 g/mol. The van der Waals surface area contributed by atoms with Crippen molar-refractivity contribution in [2.75, 3.05) is 19.8 Å². The van der Waals surface area contributed by atoms with E-state index in [1.807, 2.05) is 0 Å². The van der Waals surface area contributed by atoms with Crippen molar-refractivity contribution < 1.29 is 31.1 Å². The molecule has 1 atom stereocenters. The van der Waals surface area contributed by atoms with Gasteiger partial charge >= 0.3 is 6.18 Å². The molecule has 0 spiro atoms. The average Bonchev–Trinajstić information content (AvgIpc) is 3.17. The first-order valence-electron chi connectivity index (χ1n) is 8.96. The van der Waals surface area contributed by atoms with Crippen molar-refractivity contribution in [1.29, 1.82) is 0 Å². The van der Waals surface area contributed by atoms with Gasteiger partial charge in [-0.3, -0.25) is 0 Å². The fourth-order valence-electron chi connectivity index (χ4n) is 3.63. The second-order valence-electron chi connectivity index (χ2n) is 6.82. The molecule has 4 rings (SSSR count). The van der Waals surface area contributed by atoms with E-state index in [1.54, 1.807) is 18.2 Å². The van der Waals surface area contributed by atoms with Crippen LogP contribution in [0.5, 0.6) is 11.5 Å². The second kappa shape index (κ2) is 7.37. The maximum Gasteiger partial charge on any atom is 0.416 e. The van der Waals surface area contributed by atoms with Crippen molar-refractivity contribution in [3.63, 3.8) is 0 Å². The van der Waals surface area contributed by atoms with Crippen molar-refractivity contribution in [1.82, 2.24) is 4.31 Å². The molecule has 1 unspecified atom stereocenters. The van der Waals surface area contributed by atoms with Crippen LogP contribution in [0.15, 0.2) is 41.3 Å². The molecule has 0 bridgehead atoms. The van der Waals surface area contributed by atoms with Crippen LogP contribution in [0.1, 0.15) is 30.0 Å². The molecule has 0 radical (unpaired) electrons. The van der Waals surface area contributed by atoms with Gasteiger partial charge in [-0.15, -0.1) is 0 Å². The Bertz CT molecular complexity index is 1040. The number of sulfonamides is 1. The third kappa shape index (κ3) is 3.78. The van der Waals surface area contributed by atoms with Crippen LogP contribution in [0.3, 0.4) is 0 Å². The first kappa shape index (κ1) is 20.3. The predicted molar refractivity (Wildman–Crippen MR) is 99.8 cm³/mol. The number of hydrogen-bond acceptors (Lipinski definition) is 4. The number of halogens is 4. The number of benzene rings is 2. The molecule has 1 saturated heterocycles. The van der Waals surface area contributed by atoms with Crippen molar-refractivity contribution in [2.24, 2.45) is 0 Å². The first-order chi connectivity index (χ1) is 13.7. The van der Waals surface area contributed by atoms with E-state index in [0.717, 1.165) is 12.1 Å². The summed E-state index contributed by atoms with van der Waals surface area (Å²) < 4.78 is 78.0. The SMILES string of the molecule is O=S(=O)(c1cc(C(F)(F)F)ccc1Cl)N1CCCC1c1ccc2c(c1)OCCO2. The van der Waals surface area contributed by atoms with Gasteiger partial charge in [-0.05, 0) is 48.7 Å². The highest BCUT2D eigenvalue weighted by molar-refractivity contribution is 7.89. The number of hydrogen-bond donors (Lipinski definition) is 0. The number of nitrogens with zero attached hydrogens (tertiary/aromatic N) is 1. The van der Waals surface area contributed by atoms with Crippen molar-refractivity contribution in [2.45, 2.75) is 30.0 Å². The summed E-state index contributed by atoms with van der Waals surface area (Å²) in [6.07, 6.45) is -3.56. The van der Waals surface area contributed by atoms with E-state index < -0.39 is 32.7 Å². The minimum Gasteiger partial charge on any atom is -0.486 e. The van der Waals surface area contributed by atoms with E-state index in [4.69, 9.17) is 21.1 Å². The molecule has 2 aromatic carbocycles. The van der Waals surface area contributed by atoms with Gasteiger partial charge in [0.15, 0.2) is 11.5 Å². The molecule has 1 fully saturated rings. The van der Waals surface area contributed by atoms with Gasteiger partial charge in [0.05, 0.1) is 16.6 Å². The Hall–Kier alpha value is -1.97. The van der Waals surface area contributed by atoms with Gasteiger partial charge < -0.3 is 9.47 Å². The zero-order valence-corrected chi connectivity index (χ0v) is 16.6. The second-order valence-corrected chi connectivity index (χ2v) is 9.09. The Kier molecular flexibility index (Phi) is 5.16. The highest BCUT2D eigenvalue weighted by Gasteiger charge is 2.39. The van der Waals surface area contributed by atoms with E-state index in [1.165, 1.54) is 4.31 Å². The lowest BCUT2D eigenvalue weighted by Gasteiger charge is -2.26. The molecule has 5 nitrogen and oxygen atoms in total. The zero-order chi connectivity index (χ0) is 20.8. The largest absolute Gasteiger partial charge is 0.486 e. The molecule has 0 aromatic heterocycles. The molecular weight excluding hydrogens is 431 g/mol. The maximum atomic E-state index is 13.2. The standard InChI is InChI=1S/C19H17ClF3NO4S/c20-14-5-4-13(19(21,22)23)11-18(14)29(25,26)24-7-1-2-15(24)12-3-6-16-17(10-12)28-9-8-27-16/h3-6,10-11,15H,1-2,7-9H2. The molecule has 2 aliphatic heterocycles. The summed E-state index contributed by atoms with van der Waals surface area (Å²) in [6, 6.07) is 6.99. The third-order valence-corrected chi connectivity index (χ3v) is 7.39. The minimum atomic E-state index is -4.67. The molecule has 29 heavy (non-hydrogen) atoms. The van der Waals surface area contributed by atoms with Crippen LogP contribution < -0.4 is 9.47 Å². The predicted octanol–water partition coefficient (Wildman–Crippen LogP) is 4.66. The van der Waals surface area contributed by atoms with Crippen LogP contribution in [0.25, 0.3) is 0 Å². The van der Waals surface area contributed by atoms with Crippen LogP contribution in [0.2, 0.25) is 5.02 Å². The molecule has 10 heteroatoms. The lowest BCUT2D eigenvalue weighted by molar-refractivity contribution is -0.137. The fourth-order valence-corrected chi connectivity index (χ4v) is 5.82. The summed E-state index contributed by atoms with van der Waals surface area (Å²) in [7, 11) is -4.24. The van der Waals surface area contributed by atoms with Gasteiger partial charge in [-0.2, -0.15) is 17.5 Å². The average molecular weight is 448 g/mol. The van der Waals surface area contributed by atoms with Crippen LogP contribution in [0, 0.1) is 0 Å². The summed E-state index contributed by atoms with van der Waals surface area (Å²) in [4.78, 5) is -0.543. The molecule has 2 heterocycles. The molecule has 0 saturated carbocycles. The highest BCUT2D eigenvalue weighted by atomic mass is 35.5. The van der Waals surface area contributed by atoms with Crippen LogP contribution in [-0.2, 0) is 16.2 Å². The lowest BCUT2D eigenvalue weighted by atomic mass is 10.0.